The molecule has 7 heteroatoms. The first-order valence-corrected chi connectivity index (χ1v) is 11.0. The van der Waals surface area contributed by atoms with Crippen LogP contribution in [0.4, 0.5) is 8.78 Å². The zero-order valence-electron chi connectivity index (χ0n) is 18.2. The van der Waals surface area contributed by atoms with Crippen molar-refractivity contribution < 1.29 is 13.5 Å². The molecule has 0 bridgehead atoms. The molecule has 0 radical (unpaired) electrons. The van der Waals surface area contributed by atoms with Gasteiger partial charge in [0.1, 0.15) is 18.4 Å². The van der Waals surface area contributed by atoms with Gasteiger partial charge in [-0.2, -0.15) is 0 Å². The smallest absolute Gasteiger partial charge is 0.213 e. The van der Waals surface area contributed by atoms with Crippen LogP contribution in [-0.2, 0) is 17.9 Å². The second kappa shape index (κ2) is 13.2. The molecule has 0 aliphatic rings. The average Bonchev–Trinajstić information content (AvgIpc) is 3.18. The minimum Gasteiger partial charge on any atom is -0.364 e. The largest absolute Gasteiger partial charge is 0.364 e. The van der Waals surface area contributed by atoms with E-state index >= 15 is 0 Å². The predicted octanol–water partition coefficient (Wildman–Crippen LogP) is 5.31. The molecule has 1 heterocycles. The lowest BCUT2D eigenvalue weighted by molar-refractivity contribution is 0.129. The minimum absolute atomic E-state index is 0.0868. The van der Waals surface area contributed by atoms with Gasteiger partial charge >= 0.3 is 0 Å². The van der Waals surface area contributed by atoms with Crippen LogP contribution in [0.15, 0.2) is 71.6 Å². The first-order chi connectivity index (χ1) is 14.9. The third-order valence-electron chi connectivity index (χ3n) is 4.75. The summed E-state index contributed by atoms with van der Waals surface area (Å²) in [6.07, 6.45) is 8.75. The van der Waals surface area contributed by atoms with Crippen molar-refractivity contribution in [3.63, 3.8) is 0 Å². The Morgan fingerprint density at radius 3 is 2.06 bits per heavy atom. The van der Waals surface area contributed by atoms with Crippen LogP contribution in [0, 0.1) is 11.6 Å². The molecule has 3 aromatic rings. The number of imidazole rings is 1. The Morgan fingerprint density at radius 1 is 1.06 bits per heavy atom. The SMILES string of the molecule is CC(Br)=CCB(c1ccc(F)cc1)c1ccc(F)cc1.CCCc1cncn1COC. The first kappa shape index (κ1) is 25.0. The lowest BCUT2D eigenvalue weighted by Gasteiger charge is -2.13. The molecule has 0 spiro atoms. The normalized spacial score (nSPS) is 11.1. The van der Waals surface area contributed by atoms with E-state index in [1.54, 1.807) is 37.7 Å². The predicted molar refractivity (Wildman–Crippen MR) is 129 cm³/mol. The van der Waals surface area contributed by atoms with Gasteiger partial charge in [0.25, 0.3) is 0 Å². The van der Waals surface area contributed by atoms with E-state index in [1.165, 1.54) is 30.0 Å². The molecule has 3 nitrogen and oxygen atoms in total. The number of aryl methyl sites for hydroxylation is 1. The van der Waals surface area contributed by atoms with Crippen LogP contribution in [0.2, 0.25) is 6.32 Å². The molecule has 0 N–H and O–H groups in total. The number of methoxy groups -OCH3 is 1. The zero-order chi connectivity index (χ0) is 22.6. The fraction of sp³-hybridized carbons (Fsp3) is 0.292. The summed E-state index contributed by atoms with van der Waals surface area (Å²) in [7, 11) is 1.69. The van der Waals surface area contributed by atoms with E-state index in [0.717, 1.165) is 34.6 Å². The molecule has 0 atom stereocenters. The summed E-state index contributed by atoms with van der Waals surface area (Å²) in [4.78, 5) is 4.04. The highest BCUT2D eigenvalue weighted by Crippen LogP contribution is 2.08. The van der Waals surface area contributed by atoms with Crippen molar-refractivity contribution in [3.05, 3.63) is 88.9 Å². The molecule has 1 aromatic heterocycles. The number of aromatic nitrogens is 2. The van der Waals surface area contributed by atoms with Crippen molar-refractivity contribution in [2.45, 2.75) is 39.7 Å². The first-order valence-electron chi connectivity index (χ1n) is 10.3. The van der Waals surface area contributed by atoms with Crippen molar-refractivity contribution in [1.29, 1.82) is 0 Å². The summed E-state index contributed by atoms with van der Waals surface area (Å²) in [5.41, 5.74) is 3.28. The van der Waals surface area contributed by atoms with E-state index in [-0.39, 0.29) is 18.3 Å². The maximum absolute atomic E-state index is 13.1. The van der Waals surface area contributed by atoms with E-state index in [0.29, 0.717) is 6.73 Å². The molecule has 0 aliphatic carbocycles. The van der Waals surface area contributed by atoms with Crippen molar-refractivity contribution in [2.75, 3.05) is 7.11 Å². The molecule has 2 aromatic carbocycles. The highest BCUT2D eigenvalue weighted by molar-refractivity contribution is 9.11. The fourth-order valence-electron chi connectivity index (χ4n) is 3.20. The van der Waals surface area contributed by atoms with Crippen molar-refractivity contribution in [2.24, 2.45) is 0 Å². The number of rotatable bonds is 8. The molecular formula is C24H28BBrF2N2O. The summed E-state index contributed by atoms with van der Waals surface area (Å²) in [6.45, 7) is 4.81. The Morgan fingerprint density at radius 2 is 1.61 bits per heavy atom. The lowest BCUT2D eigenvalue weighted by atomic mass is 9.39. The molecule has 0 saturated carbocycles. The van der Waals surface area contributed by atoms with Crippen LogP contribution in [0.1, 0.15) is 26.0 Å². The van der Waals surface area contributed by atoms with Gasteiger partial charge in [0.05, 0.1) is 6.33 Å². The summed E-state index contributed by atoms with van der Waals surface area (Å²) in [6, 6.07) is 12.9. The van der Waals surface area contributed by atoms with Crippen molar-refractivity contribution >= 4 is 33.6 Å². The van der Waals surface area contributed by atoms with Gasteiger partial charge in [-0.3, -0.25) is 0 Å². The van der Waals surface area contributed by atoms with Gasteiger partial charge in [-0.1, -0.05) is 70.5 Å². The van der Waals surface area contributed by atoms with Crippen LogP contribution < -0.4 is 10.9 Å². The van der Waals surface area contributed by atoms with E-state index < -0.39 is 0 Å². The molecule has 31 heavy (non-hydrogen) atoms. The molecule has 3 rings (SSSR count). The summed E-state index contributed by atoms with van der Waals surface area (Å²) in [5, 5.41) is 0. The Hall–Kier alpha value is -2.25. The fourth-order valence-corrected chi connectivity index (χ4v) is 3.39. The Balaban J connectivity index is 0.000000262. The highest BCUT2D eigenvalue weighted by atomic mass is 79.9. The number of ether oxygens (including phenoxy) is 1. The zero-order valence-corrected chi connectivity index (χ0v) is 19.8. The van der Waals surface area contributed by atoms with Crippen LogP contribution in [-0.4, -0.2) is 23.4 Å². The lowest BCUT2D eigenvalue weighted by Crippen LogP contribution is -2.41. The maximum atomic E-state index is 13.1. The number of benzene rings is 2. The third-order valence-corrected chi connectivity index (χ3v) is 5.08. The van der Waals surface area contributed by atoms with Crippen LogP contribution >= 0.6 is 15.9 Å². The van der Waals surface area contributed by atoms with Gasteiger partial charge in [-0.25, -0.2) is 13.8 Å². The summed E-state index contributed by atoms with van der Waals surface area (Å²) in [5.74, 6) is -0.502. The highest BCUT2D eigenvalue weighted by Gasteiger charge is 2.18. The number of hydrogen-bond acceptors (Lipinski definition) is 2. The Kier molecular flexibility index (Phi) is 10.7. The summed E-state index contributed by atoms with van der Waals surface area (Å²) >= 11 is 3.41. The third kappa shape index (κ3) is 8.42. The summed E-state index contributed by atoms with van der Waals surface area (Å²) < 4.78 is 34.2. The van der Waals surface area contributed by atoms with Crippen LogP contribution in [0.3, 0.4) is 0 Å². The standard InChI is InChI=1S/C16H14BBrF2.C8H14N2O/c1-12(18)10-11-17(13-2-6-15(19)7-3-13)14-4-8-16(20)9-5-14;1-3-4-8-5-9-6-10(8)7-11-2/h2-10H,11H2,1H3;5-6H,3-4,7H2,1-2H3. The Bertz CT molecular complexity index is 873. The van der Waals surface area contributed by atoms with Gasteiger partial charge in [-0.05, 0) is 48.4 Å². The minimum atomic E-state index is -0.251. The number of halogens is 3. The number of hydrogen-bond donors (Lipinski definition) is 0. The molecule has 0 amide bonds. The molecule has 164 valence electrons. The monoisotopic (exact) mass is 488 g/mol. The number of allylic oxidation sites excluding steroid dienone is 2. The van der Waals surface area contributed by atoms with E-state index in [1.807, 2.05) is 17.7 Å². The second-order valence-corrected chi connectivity index (χ2v) is 8.46. The molecular weight excluding hydrogens is 461 g/mol. The van der Waals surface area contributed by atoms with Gasteiger partial charge in [-0.15, -0.1) is 0 Å². The molecule has 0 unspecified atom stereocenters. The topological polar surface area (TPSA) is 27.1 Å². The van der Waals surface area contributed by atoms with E-state index in [9.17, 15) is 8.78 Å². The van der Waals surface area contributed by atoms with Crippen molar-refractivity contribution in [3.8, 4) is 0 Å². The van der Waals surface area contributed by atoms with Crippen LogP contribution in [0.5, 0.6) is 0 Å². The van der Waals surface area contributed by atoms with Crippen molar-refractivity contribution in [1.82, 2.24) is 9.55 Å². The van der Waals surface area contributed by atoms with E-state index in [2.05, 4.69) is 33.9 Å². The Labute approximate surface area is 192 Å². The molecule has 0 aliphatic heterocycles. The van der Waals surface area contributed by atoms with Gasteiger partial charge < -0.3 is 9.30 Å². The van der Waals surface area contributed by atoms with Gasteiger partial charge in [0.15, 0.2) is 0 Å². The quantitative estimate of drug-likeness (QED) is 0.401. The average molecular weight is 489 g/mol. The molecule has 0 fully saturated rings. The van der Waals surface area contributed by atoms with Gasteiger partial charge in [0, 0.05) is 19.0 Å². The molecule has 0 saturated heterocycles. The van der Waals surface area contributed by atoms with Crippen LogP contribution in [0.25, 0.3) is 0 Å². The second-order valence-electron chi connectivity index (χ2n) is 7.20. The number of nitrogens with zero attached hydrogens (tertiary/aromatic N) is 2. The maximum Gasteiger partial charge on any atom is 0.213 e. The van der Waals surface area contributed by atoms with E-state index in [4.69, 9.17) is 4.74 Å². The van der Waals surface area contributed by atoms with Gasteiger partial charge in [0.2, 0.25) is 6.71 Å².